The predicted octanol–water partition coefficient (Wildman–Crippen LogP) is 2.67. The molecular formula is C24H26N6O4. The second-order valence-electron chi connectivity index (χ2n) is 8.66. The van der Waals surface area contributed by atoms with E-state index in [1.54, 1.807) is 18.3 Å². The SMILES string of the molecule is O=C1COc2ccc(CNC(=O)c3ncnc4c(C(=O)NC5CCCCCC5)c[nH]c34)cc2N1. The van der Waals surface area contributed by atoms with Gasteiger partial charge in [0, 0.05) is 18.8 Å². The number of carbonyl (C=O) groups is 3. The average Bonchev–Trinajstić information content (AvgIpc) is 3.12. The Morgan fingerprint density at radius 1 is 1.09 bits per heavy atom. The van der Waals surface area contributed by atoms with E-state index in [1.807, 2.05) is 6.07 Å². The molecule has 3 aromatic rings. The number of rotatable bonds is 5. The monoisotopic (exact) mass is 462 g/mol. The van der Waals surface area contributed by atoms with Gasteiger partial charge in [-0.2, -0.15) is 0 Å². The van der Waals surface area contributed by atoms with Gasteiger partial charge in [0.1, 0.15) is 17.6 Å². The van der Waals surface area contributed by atoms with E-state index in [0.29, 0.717) is 28.0 Å². The lowest BCUT2D eigenvalue weighted by atomic mass is 10.1. The molecule has 1 fully saturated rings. The van der Waals surface area contributed by atoms with Crippen LogP contribution >= 0.6 is 0 Å². The van der Waals surface area contributed by atoms with Crippen molar-refractivity contribution in [3.05, 3.63) is 47.5 Å². The van der Waals surface area contributed by atoms with Crippen LogP contribution in [0.1, 0.15) is 64.9 Å². The molecule has 2 aliphatic rings. The highest BCUT2D eigenvalue weighted by Gasteiger charge is 2.22. The summed E-state index contributed by atoms with van der Waals surface area (Å²) in [5, 5.41) is 8.70. The maximum Gasteiger partial charge on any atom is 0.272 e. The Morgan fingerprint density at radius 2 is 1.91 bits per heavy atom. The van der Waals surface area contributed by atoms with Crippen LogP contribution in [0.25, 0.3) is 11.0 Å². The first-order chi connectivity index (χ1) is 16.6. The minimum Gasteiger partial charge on any atom is -0.482 e. The van der Waals surface area contributed by atoms with Crippen LogP contribution in [-0.4, -0.2) is 45.3 Å². The van der Waals surface area contributed by atoms with Crippen molar-refractivity contribution < 1.29 is 19.1 Å². The molecule has 3 heterocycles. The number of H-pyrrole nitrogens is 1. The van der Waals surface area contributed by atoms with Gasteiger partial charge in [-0.1, -0.05) is 31.7 Å². The number of benzene rings is 1. The van der Waals surface area contributed by atoms with E-state index < -0.39 is 5.91 Å². The van der Waals surface area contributed by atoms with Gasteiger partial charge in [0.15, 0.2) is 12.3 Å². The van der Waals surface area contributed by atoms with E-state index in [1.165, 1.54) is 19.2 Å². The van der Waals surface area contributed by atoms with Crippen LogP contribution in [0.15, 0.2) is 30.7 Å². The van der Waals surface area contributed by atoms with Gasteiger partial charge in [0.25, 0.3) is 17.7 Å². The summed E-state index contributed by atoms with van der Waals surface area (Å²) in [5.41, 5.74) is 2.76. The van der Waals surface area contributed by atoms with Crippen molar-refractivity contribution in [3.63, 3.8) is 0 Å². The number of amides is 3. The fraction of sp³-hybridized carbons (Fsp3) is 0.375. The van der Waals surface area contributed by atoms with Crippen molar-refractivity contribution >= 4 is 34.4 Å². The van der Waals surface area contributed by atoms with Crippen LogP contribution in [0, 0.1) is 0 Å². The Morgan fingerprint density at radius 3 is 2.74 bits per heavy atom. The zero-order valence-electron chi connectivity index (χ0n) is 18.6. The zero-order valence-corrected chi connectivity index (χ0v) is 18.6. The summed E-state index contributed by atoms with van der Waals surface area (Å²) in [5.74, 6) is -0.222. The predicted molar refractivity (Wildman–Crippen MR) is 125 cm³/mol. The van der Waals surface area contributed by atoms with E-state index in [-0.39, 0.29) is 36.7 Å². The van der Waals surface area contributed by atoms with Crippen molar-refractivity contribution in [2.45, 2.75) is 51.1 Å². The quantitative estimate of drug-likeness (QED) is 0.430. The van der Waals surface area contributed by atoms with Crippen molar-refractivity contribution in [1.29, 1.82) is 0 Å². The summed E-state index contributed by atoms with van der Waals surface area (Å²) < 4.78 is 5.36. The molecule has 1 aliphatic heterocycles. The molecule has 1 aliphatic carbocycles. The lowest BCUT2D eigenvalue weighted by Gasteiger charge is -2.18. The standard InChI is InChI=1S/C24H26N6O4/c31-19-12-34-18-8-7-14(9-17(18)30-19)10-26-24(33)22-21-20(27-13-28-22)16(11-25-21)23(32)29-15-5-3-1-2-4-6-15/h7-9,11,13,15,25H,1-6,10,12H2,(H,26,33)(H,29,32)(H,30,31). The Bertz CT molecular complexity index is 1250. The molecule has 1 aromatic carbocycles. The van der Waals surface area contributed by atoms with Crippen molar-refractivity contribution in [1.82, 2.24) is 25.6 Å². The van der Waals surface area contributed by atoms with Crippen LogP contribution in [-0.2, 0) is 11.3 Å². The average molecular weight is 463 g/mol. The molecular weight excluding hydrogens is 436 g/mol. The lowest BCUT2D eigenvalue weighted by molar-refractivity contribution is -0.118. The molecule has 0 saturated heterocycles. The molecule has 0 unspecified atom stereocenters. The fourth-order valence-electron chi connectivity index (χ4n) is 4.48. The van der Waals surface area contributed by atoms with Crippen LogP contribution in [0.2, 0.25) is 0 Å². The molecule has 4 N–H and O–H groups in total. The number of nitrogens with zero attached hydrogens (tertiary/aromatic N) is 2. The molecule has 0 atom stereocenters. The van der Waals surface area contributed by atoms with E-state index >= 15 is 0 Å². The Kier molecular flexibility index (Phi) is 6.11. The smallest absolute Gasteiger partial charge is 0.272 e. The number of ether oxygens (including phenoxy) is 1. The third kappa shape index (κ3) is 4.57. The highest BCUT2D eigenvalue weighted by atomic mass is 16.5. The van der Waals surface area contributed by atoms with Crippen LogP contribution in [0.4, 0.5) is 5.69 Å². The van der Waals surface area contributed by atoms with Gasteiger partial charge in [0.2, 0.25) is 0 Å². The van der Waals surface area contributed by atoms with Crippen LogP contribution < -0.4 is 20.7 Å². The molecule has 0 radical (unpaired) electrons. The van der Waals surface area contributed by atoms with Crippen molar-refractivity contribution in [3.8, 4) is 5.75 Å². The molecule has 10 nitrogen and oxygen atoms in total. The third-order valence-corrected chi connectivity index (χ3v) is 6.24. The summed E-state index contributed by atoms with van der Waals surface area (Å²) in [6, 6.07) is 5.49. The summed E-state index contributed by atoms with van der Waals surface area (Å²) in [4.78, 5) is 48.7. The third-order valence-electron chi connectivity index (χ3n) is 6.24. The molecule has 176 valence electrons. The maximum atomic E-state index is 12.9. The van der Waals surface area contributed by atoms with Crippen LogP contribution in [0.3, 0.4) is 0 Å². The molecule has 3 amide bonds. The van der Waals surface area contributed by atoms with Crippen molar-refractivity contribution in [2.24, 2.45) is 0 Å². The number of aromatic amines is 1. The second kappa shape index (κ2) is 9.50. The number of hydrogen-bond acceptors (Lipinski definition) is 6. The molecule has 0 bridgehead atoms. The topological polar surface area (TPSA) is 138 Å². The number of nitrogens with one attached hydrogen (secondary N) is 4. The van der Waals surface area contributed by atoms with Gasteiger partial charge in [-0.25, -0.2) is 9.97 Å². The molecule has 10 heteroatoms. The summed E-state index contributed by atoms with van der Waals surface area (Å²) in [6.45, 7) is 0.215. The van der Waals surface area contributed by atoms with Gasteiger partial charge in [0.05, 0.1) is 16.8 Å². The van der Waals surface area contributed by atoms with E-state index in [4.69, 9.17) is 4.74 Å². The summed E-state index contributed by atoms with van der Waals surface area (Å²) in [6.07, 6.45) is 9.49. The molecule has 5 rings (SSSR count). The first kappa shape index (κ1) is 21.9. The minimum atomic E-state index is -0.400. The first-order valence-corrected chi connectivity index (χ1v) is 11.5. The minimum absolute atomic E-state index is 0.0103. The highest BCUT2D eigenvalue weighted by Crippen LogP contribution is 2.28. The Hall–Kier alpha value is -3.95. The molecule has 1 saturated carbocycles. The number of hydrogen-bond donors (Lipinski definition) is 4. The van der Waals surface area contributed by atoms with Crippen LogP contribution in [0.5, 0.6) is 5.75 Å². The number of carbonyl (C=O) groups excluding carboxylic acids is 3. The summed E-state index contributed by atoms with van der Waals surface area (Å²) in [7, 11) is 0. The highest BCUT2D eigenvalue weighted by molar-refractivity contribution is 6.10. The Labute approximate surface area is 195 Å². The number of aromatic nitrogens is 3. The van der Waals surface area contributed by atoms with E-state index in [0.717, 1.165) is 31.2 Å². The normalized spacial score (nSPS) is 16.2. The van der Waals surface area contributed by atoms with Gasteiger partial charge >= 0.3 is 0 Å². The Balaban J connectivity index is 1.29. The molecule has 0 spiro atoms. The number of fused-ring (bicyclic) bond motifs is 2. The number of anilines is 1. The second-order valence-corrected chi connectivity index (χ2v) is 8.66. The van der Waals surface area contributed by atoms with E-state index in [2.05, 4.69) is 30.9 Å². The zero-order chi connectivity index (χ0) is 23.5. The maximum absolute atomic E-state index is 12.9. The lowest BCUT2D eigenvalue weighted by Crippen LogP contribution is -2.34. The molecule has 2 aromatic heterocycles. The van der Waals surface area contributed by atoms with Gasteiger partial charge in [-0.3, -0.25) is 14.4 Å². The van der Waals surface area contributed by atoms with Crippen molar-refractivity contribution in [2.75, 3.05) is 11.9 Å². The largest absolute Gasteiger partial charge is 0.482 e. The summed E-state index contributed by atoms with van der Waals surface area (Å²) >= 11 is 0. The van der Waals surface area contributed by atoms with Gasteiger partial charge < -0.3 is 25.7 Å². The first-order valence-electron chi connectivity index (χ1n) is 11.5. The van der Waals surface area contributed by atoms with E-state index in [9.17, 15) is 14.4 Å². The fourth-order valence-corrected chi connectivity index (χ4v) is 4.48. The van der Waals surface area contributed by atoms with Gasteiger partial charge in [-0.05, 0) is 30.5 Å². The van der Waals surface area contributed by atoms with Gasteiger partial charge in [-0.15, -0.1) is 0 Å². The molecule has 34 heavy (non-hydrogen) atoms.